The van der Waals surface area contributed by atoms with Crippen LogP contribution in [0.25, 0.3) is 0 Å². The van der Waals surface area contributed by atoms with E-state index < -0.39 is 18.2 Å². The van der Waals surface area contributed by atoms with Gasteiger partial charge in [0.1, 0.15) is 0 Å². The number of ether oxygens (including phenoxy) is 2. The van der Waals surface area contributed by atoms with Gasteiger partial charge >= 0.3 is 5.97 Å². The van der Waals surface area contributed by atoms with Crippen LogP contribution in [0.15, 0.2) is 29.5 Å². The van der Waals surface area contributed by atoms with Gasteiger partial charge in [0.15, 0.2) is 17.6 Å². The highest BCUT2D eigenvalue weighted by Crippen LogP contribution is 2.35. The first-order chi connectivity index (χ1) is 12.3. The zero-order chi connectivity index (χ0) is 19.7. The molecule has 1 rings (SSSR count). The van der Waals surface area contributed by atoms with E-state index in [1.165, 1.54) is 7.11 Å². The number of halogens is 1. The van der Waals surface area contributed by atoms with Gasteiger partial charge in [-0.25, -0.2) is 4.79 Å². The molecule has 0 amide bonds. The highest BCUT2D eigenvalue weighted by atomic mass is 127. The lowest BCUT2D eigenvalue weighted by molar-refractivity contribution is -0.152. The quantitative estimate of drug-likeness (QED) is 0.288. The zero-order valence-electron chi connectivity index (χ0n) is 15.2. The average Bonchev–Trinajstić information content (AvgIpc) is 2.62. The number of aromatic hydroxyl groups is 1. The van der Waals surface area contributed by atoms with Gasteiger partial charge in [-0.1, -0.05) is 6.92 Å². The van der Waals surface area contributed by atoms with E-state index in [4.69, 9.17) is 9.47 Å². The Labute approximate surface area is 167 Å². The van der Waals surface area contributed by atoms with Crippen molar-refractivity contribution in [3.8, 4) is 11.5 Å². The molecule has 0 aliphatic rings. The maximum atomic E-state index is 11.5. The van der Waals surface area contributed by atoms with Crippen molar-refractivity contribution in [2.45, 2.75) is 45.3 Å². The van der Waals surface area contributed by atoms with Crippen LogP contribution in [0.1, 0.15) is 44.8 Å². The SMILES string of the molecule is CCOC(=O)[C@H](O)CC(=C=CC[C@@H](O)c1cc(I)c(O)c(OC)c1)CC. The van der Waals surface area contributed by atoms with Crippen molar-refractivity contribution < 1.29 is 29.6 Å². The van der Waals surface area contributed by atoms with E-state index in [-0.39, 0.29) is 18.8 Å². The molecule has 0 saturated carbocycles. The van der Waals surface area contributed by atoms with Crippen LogP contribution in [-0.2, 0) is 9.53 Å². The molecule has 2 atom stereocenters. The van der Waals surface area contributed by atoms with Crippen LogP contribution in [0.3, 0.4) is 0 Å². The number of hydrogen-bond donors (Lipinski definition) is 3. The molecule has 1 aromatic rings. The number of carbonyl (C=O) groups excluding carboxylic acids is 1. The molecule has 144 valence electrons. The summed E-state index contributed by atoms with van der Waals surface area (Å²) < 4.78 is 10.5. The molecule has 6 nitrogen and oxygen atoms in total. The van der Waals surface area contributed by atoms with Crippen LogP contribution in [-0.4, -0.2) is 41.1 Å². The van der Waals surface area contributed by atoms with Gasteiger partial charge in [-0.05, 0) is 65.3 Å². The fourth-order valence-electron chi connectivity index (χ4n) is 2.25. The van der Waals surface area contributed by atoms with Gasteiger partial charge in [-0.15, -0.1) is 5.73 Å². The van der Waals surface area contributed by atoms with Crippen molar-refractivity contribution in [3.63, 3.8) is 0 Å². The van der Waals surface area contributed by atoms with E-state index in [9.17, 15) is 20.1 Å². The number of phenols is 1. The van der Waals surface area contributed by atoms with Crippen molar-refractivity contribution in [2.75, 3.05) is 13.7 Å². The largest absolute Gasteiger partial charge is 0.504 e. The van der Waals surface area contributed by atoms with E-state index in [1.54, 1.807) is 25.1 Å². The Bertz CT molecular complexity index is 679. The predicted molar refractivity (Wildman–Crippen MR) is 106 cm³/mol. The molecule has 0 aromatic heterocycles. The van der Waals surface area contributed by atoms with Crippen molar-refractivity contribution >= 4 is 28.6 Å². The number of hydrogen-bond acceptors (Lipinski definition) is 6. The molecule has 0 saturated heterocycles. The predicted octanol–water partition coefficient (Wildman–Crippen LogP) is 3.23. The second kappa shape index (κ2) is 11.2. The van der Waals surface area contributed by atoms with E-state index in [0.717, 1.165) is 5.57 Å². The second-order valence-electron chi connectivity index (χ2n) is 5.58. The van der Waals surface area contributed by atoms with Crippen LogP contribution in [0.2, 0.25) is 0 Å². The third kappa shape index (κ3) is 6.64. The van der Waals surface area contributed by atoms with Gasteiger partial charge in [-0.2, -0.15) is 0 Å². The molecule has 0 unspecified atom stereocenters. The van der Waals surface area contributed by atoms with Gasteiger partial charge in [0, 0.05) is 12.8 Å². The van der Waals surface area contributed by atoms with Gasteiger partial charge in [0.2, 0.25) is 0 Å². The summed E-state index contributed by atoms with van der Waals surface area (Å²) >= 11 is 1.97. The summed E-state index contributed by atoms with van der Waals surface area (Å²) in [6.07, 6.45) is 0.731. The second-order valence-corrected chi connectivity index (χ2v) is 6.74. The van der Waals surface area contributed by atoms with Crippen molar-refractivity contribution in [3.05, 3.63) is 38.6 Å². The Kier molecular flexibility index (Phi) is 9.72. The van der Waals surface area contributed by atoms with Gasteiger partial charge in [0.05, 0.1) is 23.4 Å². The van der Waals surface area contributed by atoms with Crippen molar-refractivity contribution in [1.29, 1.82) is 0 Å². The van der Waals surface area contributed by atoms with Crippen LogP contribution in [0.4, 0.5) is 0 Å². The fourth-order valence-corrected chi connectivity index (χ4v) is 2.88. The first-order valence-electron chi connectivity index (χ1n) is 8.36. The molecule has 3 N–H and O–H groups in total. The van der Waals surface area contributed by atoms with Gasteiger partial charge in [-0.3, -0.25) is 0 Å². The Morgan fingerprint density at radius 3 is 2.62 bits per heavy atom. The number of rotatable bonds is 9. The standard InChI is InChI=1S/C19H25IO6/c1-4-12(9-16(22)19(24)26-5-2)7-6-8-15(21)13-10-14(20)18(23)17(11-13)25-3/h6,10-11,15-16,21-23H,4-5,8-9H2,1-3H3/t7?,15-,16-/m1/s1. The molecule has 0 aliphatic carbocycles. The molecule has 0 radical (unpaired) electrons. The summed E-state index contributed by atoms with van der Waals surface area (Å²) in [5.41, 5.74) is 4.41. The number of esters is 1. The summed E-state index contributed by atoms with van der Waals surface area (Å²) in [6, 6.07) is 3.27. The van der Waals surface area contributed by atoms with Crippen LogP contribution in [0, 0.1) is 3.57 Å². The fraction of sp³-hybridized carbons (Fsp3) is 0.474. The summed E-state index contributed by atoms with van der Waals surface area (Å²) in [5.74, 6) is -0.302. The van der Waals surface area contributed by atoms with E-state index in [0.29, 0.717) is 27.7 Å². The minimum absolute atomic E-state index is 0.0423. The molecule has 0 fully saturated rings. The number of carbonyl (C=O) groups is 1. The lowest BCUT2D eigenvalue weighted by Crippen LogP contribution is -2.23. The first-order valence-corrected chi connectivity index (χ1v) is 9.43. The van der Waals surface area contributed by atoms with Crippen LogP contribution in [0.5, 0.6) is 11.5 Å². The topological polar surface area (TPSA) is 96.2 Å². The van der Waals surface area contributed by atoms with Crippen LogP contribution < -0.4 is 4.74 Å². The third-order valence-corrected chi connectivity index (χ3v) is 4.55. The number of aliphatic hydroxyl groups is 2. The molecule has 0 aliphatic heterocycles. The summed E-state index contributed by atoms with van der Waals surface area (Å²) in [7, 11) is 1.45. The molecular weight excluding hydrogens is 451 g/mol. The molecule has 0 heterocycles. The summed E-state index contributed by atoms with van der Waals surface area (Å²) in [6.45, 7) is 3.80. The Morgan fingerprint density at radius 2 is 2.04 bits per heavy atom. The molecular formula is C19H25IO6. The Morgan fingerprint density at radius 1 is 1.35 bits per heavy atom. The highest BCUT2D eigenvalue weighted by molar-refractivity contribution is 14.1. The third-order valence-electron chi connectivity index (χ3n) is 3.73. The van der Waals surface area contributed by atoms with Crippen molar-refractivity contribution in [2.24, 2.45) is 0 Å². The lowest BCUT2D eigenvalue weighted by Gasteiger charge is -2.12. The maximum absolute atomic E-state index is 11.5. The minimum Gasteiger partial charge on any atom is -0.504 e. The molecule has 0 spiro atoms. The Hall–Kier alpha value is -1.54. The van der Waals surface area contributed by atoms with Crippen LogP contribution >= 0.6 is 22.6 Å². The van der Waals surface area contributed by atoms with E-state index >= 15 is 0 Å². The van der Waals surface area contributed by atoms with Gasteiger partial charge in [0.25, 0.3) is 0 Å². The van der Waals surface area contributed by atoms with E-state index in [1.807, 2.05) is 29.5 Å². The minimum atomic E-state index is -1.21. The number of aliphatic hydroxyl groups excluding tert-OH is 2. The summed E-state index contributed by atoms with van der Waals surface area (Å²) in [5, 5.41) is 30.0. The maximum Gasteiger partial charge on any atom is 0.335 e. The smallest absolute Gasteiger partial charge is 0.335 e. The Balaban J connectivity index is 2.82. The monoisotopic (exact) mass is 476 g/mol. The average molecular weight is 476 g/mol. The number of methoxy groups -OCH3 is 1. The van der Waals surface area contributed by atoms with Gasteiger partial charge < -0.3 is 24.8 Å². The lowest BCUT2D eigenvalue weighted by atomic mass is 10.0. The zero-order valence-corrected chi connectivity index (χ0v) is 17.3. The van der Waals surface area contributed by atoms with E-state index in [2.05, 4.69) is 5.73 Å². The van der Waals surface area contributed by atoms with Crippen molar-refractivity contribution in [1.82, 2.24) is 0 Å². The highest BCUT2D eigenvalue weighted by Gasteiger charge is 2.17. The molecule has 1 aromatic carbocycles. The first kappa shape index (κ1) is 22.5. The number of benzene rings is 1. The summed E-state index contributed by atoms with van der Waals surface area (Å²) in [4.78, 5) is 11.5. The normalized spacial score (nSPS) is 12.7. The molecule has 7 heteroatoms. The number of phenolic OH excluding ortho intramolecular Hbond substituents is 1. The molecule has 26 heavy (non-hydrogen) atoms. The molecule has 0 bridgehead atoms.